The highest BCUT2D eigenvalue weighted by atomic mass is 35.5. The molecule has 0 atom stereocenters. The van der Waals surface area contributed by atoms with Crippen LogP contribution in [0.15, 0.2) is 127 Å². The number of fused-ring (bicyclic) bond motifs is 1. The standard InChI is InChI=1S/C54H61ClN2/c1-36-29-44(56(42-20-16-19-41(55)33-42)49-25-21-39(31-37(49)2)51(3,4)5)34-45(30-36)57(43-23-24-47-48(35-43)54(11,12)28-27-53(47,9)10)50-26-22-40(52(6,7)8)32-46(50)38-17-14-13-15-18-38/h13-26,29-35H,27-28H2,1-12H3. The summed E-state index contributed by atoms with van der Waals surface area (Å²) in [6.45, 7) is 27.8. The van der Waals surface area contributed by atoms with Gasteiger partial charge in [0.2, 0.25) is 0 Å². The van der Waals surface area contributed by atoms with Crippen molar-refractivity contribution >= 4 is 45.7 Å². The molecular formula is C54H61ClN2. The summed E-state index contributed by atoms with van der Waals surface area (Å²) < 4.78 is 0. The van der Waals surface area contributed by atoms with Crippen LogP contribution in [0.3, 0.4) is 0 Å². The van der Waals surface area contributed by atoms with Gasteiger partial charge in [-0.1, -0.05) is 142 Å². The normalized spacial score (nSPS) is 14.9. The van der Waals surface area contributed by atoms with E-state index < -0.39 is 0 Å². The topological polar surface area (TPSA) is 6.48 Å². The predicted octanol–water partition coefficient (Wildman–Crippen LogP) is 16.5. The van der Waals surface area contributed by atoms with Gasteiger partial charge in [-0.15, -0.1) is 0 Å². The van der Waals surface area contributed by atoms with E-state index in [0.717, 1.165) is 40.5 Å². The molecule has 1 aliphatic rings. The van der Waals surface area contributed by atoms with E-state index in [4.69, 9.17) is 11.6 Å². The van der Waals surface area contributed by atoms with Crippen LogP contribution in [0, 0.1) is 13.8 Å². The maximum atomic E-state index is 6.75. The summed E-state index contributed by atoms with van der Waals surface area (Å²) in [6, 6.07) is 47.4. The lowest BCUT2D eigenvalue weighted by Gasteiger charge is -2.42. The highest BCUT2D eigenvalue weighted by molar-refractivity contribution is 6.30. The second-order valence-corrected chi connectivity index (χ2v) is 20.2. The monoisotopic (exact) mass is 772 g/mol. The van der Waals surface area contributed by atoms with Gasteiger partial charge in [-0.05, 0) is 154 Å². The van der Waals surface area contributed by atoms with Gasteiger partial charge in [0.1, 0.15) is 0 Å². The SMILES string of the molecule is Cc1cc(N(c2cccc(Cl)c2)c2ccc(C(C)(C)C)cc2C)cc(N(c2ccc3c(c2)C(C)(C)CCC3(C)C)c2ccc(C(C)(C)C)cc2-c2ccccc2)c1. The first-order valence-corrected chi connectivity index (χ1v) is 21.0. The molecule has 0 radical (unpaired) electrons. The quantitative estimate of drug-likeness (QED) is 0.159. The third-order valence-electron chi connectivity index (χ3n) is 12.2. The largest absolute Gasteiger partial charge is 0.310 e. The number of hydrogen-bond acceptors (Lipinski definition) is 2. The predicted molar refractivity (Wildman–Crippen MR) is 248 cm³/mol. The minimum absolute atomic E-state index is 0.0112. The molecule has 0 fully saturated rings. The van der Waals surface area contributed by atoms with Crippen LogP contribution in [0.2, 0.25) is 5.02 Å². The number of hydrogen-bond donors (Lipinski definition) is 0. The van der Waals surface area contributed by atoms with Gasteiger partial charge >= 0.3 is 0 Å². The zero-order valence-corrected chi connectivity index (χ0v) is 37.1. The van der Waals surface area contributed by atoms with Crippen molar-refractivity contribution in [2.45, 2.75) is 118 Å². The Kier molecular flexibility index (Phi) is 10.5. The van der Waals surface area contributed by atoms with Crippen LogP contribution in [0.25, 0.3) is 11.1 Å². The summed E-state index contributed by atoms with van der Waals surface area (Å²) in [7, 11) is 0. The average Bonchev–Trinajstić information content (AvgIpc) is 3.14. The van der Waals surface area contributed by atoms with Crippen molar-refractivity contribution in [3.8, 4) is 11.1 Å². The fourth-order valence-electron chi connectivity index (χ4n) is 8.61. The molecule has 2 nitrogen and oxygen atoms in total. The zero-order valence-electron chi connectivity index (χ0n) is 36.3. The fraction of sp³-hybridized carbons (Fsp3) is 0.333. The summed E-state index contributed by atoms with van der Waals surface area (Å²) in [5.41, 5.74) is 17.2. The maximum absolute atomic E-state index is 6.75. The van der Waals surface area contributed by atoms with Gasteiger partial charge in [0.05, 0.1) is 5.69 Å². The molecule has 0 aromatic heterocycles. The lowest BCUT2D eigenvalue weighted by Crippen LogP contribution is -2.34. The molecule has 294 valence electrons. The summed E-state index contributed by atoms with van der Waals surface area (Å²) in [5.74, 6) is 0. The molecule has 0 spiro atoms. The van der Waals surface area contributed by atoms with Crippen molar-refractivity contribution < 1.29 is 0 Å². The van der Waals surface area contributed by atoms with E-state index in [1.54, 1.807) is 0 Å². The van der Waals surface area contributed by atoms with Crippen LogP contribution in [-0.2, 0) is 21.7 Å². The van der Waals surface area contributed by atoms with Crippen molar-refractivity contribution in [1.82, 2.24) is 0 Å². The summed E-state index contributed by atoms with van der Waals surface area (Å²) >= 11 is 6.75. The summed E-state index contributed by atoms with van der Waals surface area (Å²) in [6.07, 6.45) is 2.34. The zero-order chi connectivity index (χ0) is 41.1. The van der Waals surface area contributed by atoms with Gasteiger partial charge in [-0.2, -0.15) is 0 Å². The maximum Gasteiger partial charge on any atom is 0.0540 e. The molecular weight excluding hydrogens is 712 g/mol. The second-order valence-electron chi connectivity index (χ2n) is 19.8. The molecule has 0 bridgehead atoms. The van der Waals surface area contributed by atoms with E-state index in [2.05, 4.69) is 208 Å². The van der Waals surface area contributed by atoms with Gasteiger partial charge in [0, 0.05) is 39.0 Å². The van der Waals surface area contributed by atoms with Crippen molar-refractivity contribution in [3.63, 3.8) is 0 Å². The molecule has 6 aromatic rings. The van der Waals surface area contributed by atoms with E-state index >= 15 is 0 Å². The number of benzene rings is 6. The van der Waals surface area contributed by atoms with Crippen LogP contribution >= 0.6 is 11.6 Å². The molecule has 6 aromatic carbocycles. The fourth-order valence-corrected chi connectivity index (χ4v) is 8.79. The van der Waals surface area contributed by atoms with Gasteiger partial charge in [0.15, 0.2) is 0 Å². The smallest absolute Gasteiger partial charge is 0.0540 e. The number of aryl methyl sites for hydroxylation is 2. The van der Waals surface area contributed by atoms with Gasteiger partial charge in [-0.25, -0.2) is 0 Å². The van der Waals surface area contributed by atoms with E-state index in [-0.39, 0.29) is 21.7 Å². The summed E-state index contributed by atoms with van der Waals surface area (Å²) in [5, 5.41) is 0.710. The van der Waals surface area contributed by atoms with Crippen LogP contribution in [0.1, 0.15) is 115 Å². The molecule has 0 amide bonds. The lowest BCUT2D eigenvalue weighted by atomic mass is 9.63. The van der Waals surface area contributed by atoms with Crippen LogP contribution in [-0.4, -0.2) is 0 Å². The molecule has 0 heterocycles. The number of rotatable bonds is 7. The van der Waals surface area contributed by atoms with Gasteiger partial charge in [-0.3, -0.25) is 0 Å². The Labute approximate surface area is 348 Å². The molecule has 57 heavy (non-hydrogen) atoms. The van der Waals surface area contributed by atoms with Crippen molar-refractivity contribution in [2.24, 2.45) is 0 Å². The van der Waals surface area contributed by atoms with E-state index in [0.29, 0.717) is 5.02 Å². The Bertz CT molecular complexity index is 2420. The van der Waals surface area contributed by atoms with Crippen LogP contribution < -0.4 is 9.80 Å². The number of anilines is 6. The molecule has 0 saturated carbocycles. The number of halogens is 1. The van der Waals surface area contributed by atoms with E-state index in [1.807, 2.05) is 12.1 Å². The average molecular weight is 774 g/mol. The Morgan fingerprint density at radius 1 is 0.491 bits per heavy atom. The lowest BCUT2D eigenvalue weighted by molar-refractivity contribution is 0.332. The van der Waals surface area contributed by atoms with Crippen molar-refractivity contribution in [1.29, 1.82) is 0 Å². The molecule has 1 aliphatic carbocycles. The third-order valence-corrected chi connectivity index (χ3v) is 12.5. The second kappa shape index (κ2) is 14.9. The highest BCUT2D eigenvalue weighted by Gasteiger charge is 2.37. The molecule has 0 saturated heterocycles. The van der Waals surface area contributed by atoms with Crippen LogP contribution in [0.5, 0.6) is 0 Å². The third kappa shape index (κ3) is 8.17. The Balaban J connectivity index is 1.52. The molecule has 0 aliphatic heterocycles. The van der Waals surface area contributed by atoms with Crippen LogP contribution in [0.4, 0.5) is 34.1 Å². The van der Waals surface area contributed by atoms with Crippen molar-refractivity contribution in [3.05, 3.63) is 166 Å². The highest BCUT2D eigenvalue weighted by Crippen LogP contribution is 2.50. The van der Waals surface area contributed by atoms with Gasteiger partial charge < -0.3 is 9.80 Å². The van der Waals surface area contributed by atoms with Gasteiger partial charge in [0.25, 0.3) is 0 Å². The first kappa shape index (κ1) is 40.4. The minimum Gasteiger partial charge on any atom is -0.310 e. The molecule has 0 unspecified atom stereocenters. The van der Waals surface area contributed by atoms with E-state index in [9.17, 15) is 0 Å². The van der Waals surface area contributed by atoms with Crippen molar-refractivity contribution in [2.75, 3.05) is 9.80 Å². The van der Waals surface area contributed by atoms with E-state index in [1.165, 1.54) is 50.9 Å². The Morgan fingerprint density at radius 2 is 1.05 bits per heavy atom. The molecule has 3 heteroatoms. The molecule has 7 rings (SSSR count). The summed E-state index contributed by atoms with van der Waals surface area (Å²) in [4.78, 5) is 4.89. The first-order chi connectivity index (χ1) is 26.7. The minimum atomic E-state index is -0.0112. The first-order valence-electron chi connectivity index (χ1n) is 20.7. The molecule has 0 N–H and O–H groups in total. The Hall–Kier alpha value is -4.79. The number of nitrogens with zero attached hydrogens (tertiary/aromatic N) is 2. The Morgan fingerprint density at radius 3 is 1.65 bits per heavy atom.